The zero-order valence-corrected chi connectivity index (χ0v) is 17.4. The molecule has 0 radical (unpaired) electrons. The lowest BCUT2D eigenvalue weighted by Gasteiger charge is -2.41. The first-order chi connectivity index (χ1) is 12.9. The maximum absolute atomic E-state index is 13.4. The van der Waals surface area contributed by atoms with Crippen molar-refractivity contribution in [2.75, 3.05) is 11.4 Å². The molecule has 4 rings (SSSR count). The van der Waals surface area contributed by atoms with E-state index in [0.29, 0.717) is 35.4 Å². The molecule has 0 unspecified atom stereocenters. The standard InChI is InChI=1S/C24H36N2O/c1-23(2)18-14-15-24(3,16-18)22(23)25-17-21(27)26(19-10-6-4-7-11-19)20-12-8-5-9-13-20/h4,6-7,10-11,18,20,22,25H,5,8-9,12-17H2,1-3H3/p+1/t18-,22+,24+/m0/s1. The zero-order valence-electron chi connectivity index (χ0n) is 17.4. The fourth-order valence-electron chi connectivity index (χ4n) is 6.73. The minimum atomic E-state index is 0.301. The molecule has 0 spiro atoms. The van der Waals surface area contributed by atoms with Crippen LogP contribution in [0.5, 0.6) is 0 Å². The Balaban J connectivity index is 1.49. The molecule has 3 saturated carbocycles. The molecule has 0 aliphatic heterocycles. The van der Waals surface area contributed by atoms with E-state index in [9.17, 15) is 4.79 Å². The van der Waals surface area contributed by atoms with Crippen molar-refractivity contribution in [3.63, 3.8) is 0 Å². The van der Waals surface area contributed by atoms with Crippen LogP contribution in [0.4, 0.5) is 5.69 Å². The van der Waals surface area contributed by atoms with Gasteiger partial charge in [-0.05, 0) is 50.2 Å². The first-order valence-corrected chi connectivity index (χ1v) is 11.1. The Morgan fingerprint density at radius 3 is 2.41 bits per heavy atom. The number of carbonyl (C=O) groups excluding carboxylic acids is 1. The van der Waals surface area contributed by atoms with E-state index in [1.165, 1.54) is 38.5 Å². The maximum atomic E-state index is 13.4. The van der Waals surface area contributed by atoms with Crippen LogP contribution < -0.4 is 10.2 Å². The lowest BCUT2D eigenvalue weighted by Crippen LogP contribution is -2.96. The van der Waals surface area contributed by atoms with Gasteiger partial charge in [-0.1, -0.05) is 58.2 Å². The molecule has 148 valence electrons. The van der Waals surface area contributed by atoms with Crippen LogP contribution in [-0.2, 0) is 4.79 Å². The number of hydrogen-bond donors (Lipinski definition) is 1. The molecule has 1 aromatic rings. The van der Waals surface area contributed by atoms with Gasteiger partial charge in [0.1, 0.15) is 0 Å². The predicted molar refractivity (Wildman–Crippen MR) is 111 cm³/mol. The fraction of sp³-hybridized carbons (Fsp3) is 0.708. The summed E-state index contributed by atoms with van der Waals surface area (Å²) in [6.07, 6.45) is 10.2. The van der Waals surface area contributed by atoms with E-state index < -0.39 is 0 Å². The number of rotatable bonds is 5. The summed E-state index contributed by atoms with van der Waals surface area (Å²) in [7, 11) is 0. The van der Waals surface area contributed by atoms with Crippen molar-refractivity contribution in [3.8, 4) is 0 Å². The summed E-state index contributed by atoms with van der Waals surface area (Å²) < 4.78 is 0. The average molecular weight is 370 g/mol. The van der Waals surface area contributed by atoms with Gasteiger partial charge in [0, 0.05) is 22.6 Å². The van der Waals surface area contributed by atoms with Crippen LogP contribution >= 0.6 is 0 Å². The first-order valence-electron chi connectivity index (χ1n) is 11.1. The van der Waals surface area contributed by atoms with Crippen LogP contribution in [0.3, 0.4) is 0 Å². The van der Waals surface area contributed by atoms with E-state index in [1.54, 1.807) is 0 Å². The van der Waals surface area contributed by atoms with Gasteiger partial charge >= 0.3 is 0 Å². The monoisotopic (exact) mass is 369 g/mol. The Kier molecular flexibility index (Phi) is 5.09. The highest BCUT2D eigenvalue weighted by Gasteiger charge is 2.61. The third kappa shape index (κ3) is 3.44. The summed E-state index contributed by atoms with van der Waals surface area (Å²) >= 11 is 0. The summed E-state index contributed by atoms with van der Waals surface area (Å²) in [5, 5.41) is 2.40. The van der Waals surface area contributed by atoms with Crippen molar-refractivity contribution in [3.05, 3.63) is 30.3 Å². The lowest BCUT2D eigenvalue weighted by atomic mass is 9.68. The predicted octanol–water partition coefficient (Wildman–Crippen LogP) is 4.13. The second-order valence-corrected chi connectivity index (χ2v) is 10.2. The van der Waals surface area contributed by atoms with E-state index in [2.05, 4.69) is 55.3 Å². The van der Waals surface area contributed by atoms with Gasteiger partial charge in [-0.25, -0.2) is 0 Å². The number of benzene rings is 1. The molecular formula is C24H37N2O+. The van der Waals surface area contributed by atoms with Crippen LogP contribution in [0, 0.1) is 16.7 Å². The molecule has 1 aromatic carbocycles. The van der Waals surface area contributed by atoms with Crippen molar-refractivity contribution >= 4 is 11.6 Å². The smallest absolute Gasteiger partial charge is 0.282 e. The Morgan fingerprint density at radius 2 is 1.78 bits per heavy atom. The van der Waals surface area contributed by atoms with Gasteiger partial charge in [0.15, 0.2) is 6.54 Å². The van der Waals surface area contributed by atoms with Crippen LogP contribution in [0.2, 0.25) is 0 Å². The number of nitrogens with zero attached hydrogens (tertiary/aromatic N) is 1. The highest BCUT2D eigenvalue weighted by atomic mass is 16.2. The van der Waals surface area contributed by atoms with E-state index in [0.717, 1.165) is 24.4 Å². The number of amides is 1. The molecule has 3 nitrogen and oxygen atoms in total. The molecule has 0 saturated heterocycles. The lowest BCUT2D eigenvalue weighted by molar-refractivity contribution is -0.703. The number of carbonyl (C=O) groups is 1. The number of hydrogen-bond acceptors (Lipinski definition) is 1. The number of para-hydroxylation sites is 1. The molecule has 3 atom stereocenters. The quantitative estimate of drug-likeness (QED) is 0.832. The maximum Gasteiger partial charge on any atom is 0.282 e. The van der Waals surface area contributed by atoms with Crippen molar-refractivity contribution < 1.29 is 10.1 Å². The van der Waals surface area contributed by atoms with Crippen LogP contribution in [-0.4, -0.2) is 24.5 Å². The fourth-order valence-corrected chi connectivity index (χ4v) is 6.73. The largest absolute Gasteiger partial charge is 0.335 e. The van der Waals surface area contributed by atoms with E-state index in [4.69, 9.17) is 0 Å². The van der Waals surface area contributed by atoms with Crippen molar-refractivity contribution in [2.45, 2.75) is 84.2 Å². The minimum absolute atomic E-state index is 0.301. The molecule has 0 aromatic heterocycles. The highest BCUT2D eigenvalue weighted by molar-refractivity contribution is 5.94. The topological polar surface area (TPSA) is 36.9 Å². The number of anilines is 1. The van der Waals surface area contributed by atoms with Gasteiger partial charge in [-0.15, -0.1) is 0 Å². The van der Waals surface area contributed by atoms with E-state index in [1.807, 2.05) is 6.07 Å². The second-order valence-electron chi connectivity index (χ2n) is 10.2. The van der Waals surface area contributed by atoms with Crippen molar-refractivity contribution in [1.82, 2.24) is 0 Å². The Morgan fingerprint density at radius 1 is 1.07 bits per heavy atom. The molecule has 0 heterocycles. The number of nitrogens with two attached hydrogens (primary N) is 1. The molecule has 3 aliphatic carbocycles. The number of quaternary nitrogens is 1. The summed E-state index contributed by atoms with van der Waals surface area (Å²) in [6.45, 7) is 7.92. The van der Waals surface area contributed by atoms with Crippen LogP contribution in [0.25, 0.3) is 0 Å². The molecule has 3 fully saturated rings. The number of fused-ring (bicyclic) bond motifs is 2. The average Bonchev–Trinajstić information content (AvgIpc) is 3.14. The molecule has 3 heteroatoms. The summed E-state index contributed by atoms with van der Waals surface area (Å²) in [6, 6.07) is 11.3. The van der Waals surface area contributed by atoms with Gasteiger partial charge in [0.25, 0.3) is 5.91 Å². The van der Waals surface area contributed by atoms with Crippen molar-refractivity contribution in [2.24, 2.45) is 16.7 Å². The van der Waals surface area contributed by atoms with Gasteiger partial charge in [-0.2, -0.15) is 0 Å². The van der Waals surface area contributed by atoms with Gasteiger partial charge in [0.05, 0.1) is 6.04 Å². The highest BCUT2D eigenvalue weighted by Crippen LogP contribution is 2.61. The second kappa shape index (κ2) is 7.24. The Hall–Kier alpha value is -1.35. The van der Waals surface area contributed by atoms with E-state index >= 15 is 0 Å². The molecule has 1 amide bonds. The normalized spacial score (nSPS) is 32.6. The van der Waals surface area contributed by atoms with Crippen LogP contribution in [0.15, 0.2) is 30.3 Å². The molecular weight excluding hydrogens is 332 g/mol. The van der Waals surface area contributed by atoms with E-state index in [-0.39, 0.29) is 0 Å². The van der Waals surface area contributed by atoms with Crippen LogP contribution in [0.1, 0.15) is 72.1 Å². The molecule has 2 bridgehead atoms. The zero-order chi connectivity index (χ0) is 19.1. The van der Waals surface area contributed by atoms with Gasteiger partial charge in [0.2, 0.25) is 0 Å². The summed E-state index contributed by atoms with van der Waals surface area (Å²) in [5.41, 5.74) is 1.84. The Labute approximate surface area is 164 Å². The SMILES string of the molecule is CC1(C)[C@H]2CC[C@](C)(C2)[C@@H]1[NH2+]CC(=O)N(c1ccccc1)C1CCCCC1. The molecule has 27 heavy (non-hydrogen) atoms. The summed E-state index contributed by atoms with van der Waals surface area (Å²) in [4.78, 5) is 15.6. The molecule has 2 N–H and O–H groups in total. The summed E-state index contributed by atoms with van der Waals surface area (Å²) in [5.74, 6) is 1.14. The first kappa shape index (κ1) is 19.0. The van der Waals surface area contributed by atoms with Crippen molar-refractivity contribution in [1.29, 1.82) is 0 Å². The van der Waals surface area contributed by atoms with Gasteiger partial charge < -0.3 is 10.2 Å². The third-order valence-electron chi connectivity index (χ3n) is 8.15. The minimum Gasteiger partial charge on any atom is -0.335 e. The Bertz CT molecular complexity index is 659. The molecule has 3 aliphatic rings. The van der Waals surface area contributed by atoms with Gasteiger partial charge in [-0.3, -0.25) is 4.79 Å². The third-order valence-corrected chi connectivity index (χ3v) is 8.15.